The Morgan fingerprint density at radius 3 is 2.79 bits per heavy atom. The van der Waals surface area contributed by atoms with Crippen LogP contribution in [0.25, 0.3) is 10.9 Å². The summed E-state index contributed by atoms with van der Waals surface area (Å²) in [5.74, 6) is 0.735. The zero-order valence-corrected chi connectivity index (χ0v) is 8.29. The van der Waals surface area contributed by atoms with Crippen LogP contribution in [-0.4, -0.2) is 17.2 Å². The van der Waals surface area contributed by atoms with Gasteiger partial charge in [-0.15, -0.1) is 0 Å². The number of aliphatic hydroxyl groups is 1. The van der Waals surface area contributed by atoms with E-state index in [9.17, 15) is 0 Å². The molecule has 1 aromatic carbocycles. The van der Waals surface area contributed by atoms with Gasteiger partial charge in [-0.1, -0.05) is 0 Å². The van der Waals surface area contributed by atoms with E-state index in [1.165, 1.54) is 0 Å². The third-order valence-corrected chi connectivity index (χ3v) is 2.33. The summed E-state index contributed by atoms with van der Waals surface area (Å²) in [7, 11) is 1.61. The molecule has 3 nitrogen and oxygen atoms in total. The molecule has 0 aliphatic heterocycles. The van der Waals surface area contributed by atoms with Gasteiger partial charge in [0, 0.05) is 22.2 Å². The highest BCUT2D eigenvalue weighted by Crippen LogP contribution is 2.26. The number of hydrogen-bond acceptors (Lipinski definition) is 2. The van der Waals surface area contributed by atoms with Crippen molar-refractivity contribution >= 4 is 10.9 Å². The normalized spacial score (nSPS) is 10.8. The van der Waals surface area contributed by atoms with Crippen molar-refractivity contribution in [3.63, 3.8) is 0 Å². The highest BCUT2D eigenvalue weighted by Gasteiger charge is 2.05. The molecule has 3 heteroatoms. The number of aliphatic hydroxyl groups excluding tert-OH is 1. The molecule has 0 bridgehead atoms. The number of benzene rings is 1. The molecule has 0 fully saturated rings. The molecule has 0 radical (unpaired) electrons. The number of nitrogens with one attached hydrogen (secondary N) is 1. The summed E-state index contributed by atoms with van der Waals surface area (Å²) in [6.07, 6.45) is 0. The summed E-state index contributed by atoms with van der Waals surface area (Å²) in [5.41, 5.74) is 2.95. The Bertz CT molecular complexity index is 419. The summed E-state index contributed by atoms with van der Waals surface area (Å²) in [4.78, 5) is 3.22. The van der Waals surface area contributed by atoms with E-state index < -0.39 is 0 Å². The molecular weight excluding hydrogens is 178 g/mol. The molecule has 2 N–H and O–H groups in total. The van der Waals surface area contributed by atoms with E-state index in [0.717, 1.165) is 27.9 Å². The lowest BCUT2D eigenvalue weighted by Gasteiger charge is -2.05. The van der Waals surface area contributed by atoms with Crippen LogP contribution in [0.15, 0.2) is 18.2 Å². The zero-order valence-electron chi connectivity index (χ0n) is 8.29. The van der Waals surface area contributed by atoms with Crippen molar-refractivity contribution in [1.82, 2.24) is 4.98 Å². The number of methoxy groups -OCH3 is 1. The number of aromatic amines is 1. The van der Waals surface area contributed by atoms with Crippen LogP contribution < -0.4 is 4.74 Å². The highest BCUT2D eigenvalue weighted by atomic mass is 16.5. The number of ether oxygens (including phenoxy) is 1. The van der Waals surface area contributed by atoms with Gasteiger partial charge in [-0.2, -0.15) is 0 Å². The van der Waals surface area contributed by atoms with Gasteiger partial charge < -0.3 is 14.8 Å². The Morgan fingerprint density at radius 2 is 2.14 bits per heavy atom. The van der Waals surface area contributed by atoms with Crippen LogP contribution in [0.5, 0.6) is 5.75 Å². The van der Waals surface area contributed by atoms with Gasteiger partial charge in [0.1, 0.15) is 5.75 Å². The summed E-state index contributed by atoms with van der Waals surface area (Å²) in [6, 6.07) is 5.91. The minimum absolute atomic E-state index is 0.00280. The largest absolute Gasteiger partial charge is 0.496 e. The van der Waals surface area contributed by atoms with Crippen LogP contribution in [-0.2, 0) is 6.61 Å². The first-order valence-electron chi connectivity index (χ1n) is 4.51. The summed E-state index contributed by atoms with van der Waals surface area (Å²) < 4.78 is 5.18. The Balaban J connectivity index is 2.68. The average Bonchev–Trinajstić information content (AvgIpc) is 2.54. The molecule has 74 valence electrons. The van der Waals surface area contributed by atoms with Crippen LogP contribution in [0.4, 0.5) is 0 Å². The monoisotopic (exact) mass is 191 g/mol. The van der Waals surface area contributed by atoms with Crippen molar-refractivity contribution < 1.29 is 9.84 Å². The molecule has 0 aliphatic rings. The minimum atomic E-state index is -0.00280. The van der Waals surface area contributed by atoms with Gasteiger partial charge in [0.05, 0.1) is 13.7 Å². The van der Waals surface area contributed by atoms with Gasteiger partial charge in [0.15, 0.2) is 0 Å². The van der Waals surface area contributed by atoms with Crippen LogP contribution in [0, 0.1) is 6.92 Å². The molecule has 2 aromatic rings. The van der Waals surface area contributed by atoms with Crippen molar-refractivity contribution in [2.75, 3.05) is 7.11 Å². The topological polar surface area (TPSA) is 45.2 Å². The van der Waals surface area contributed by atoms with Crippen LogP contribution in [0.1, 0.15) is 11.3 Å². The lowest BCUT2D eigenvalue weighted by Crippen LogP contribution is -1.91. The van der Waals surface area contributed by atoms with Crippen molar-refractivity contribution in [3.05, 3.63) is 29.5 Å². The molecule has 0 aliphatic carbocycles. The molecule has 0 saturated carbocycles. The summed E-state index contributed by atoms with van der Waals surface area (Å²) in [5, 5.41) is 10.2. The van der Waals surface area contributed by atoms with Crippen LogP contribution in [0.2, 0.25) is 0 Å². The van der Waals surface area contributed by atoms with Crippen LogP contribution >= 0.6 is 0 Å². The predicted molar refractivity (Wildman–Crippen MR) is 55.5 cm³/mol. The lowest BCUT2D eigenvalue weighted by atomic mass is 10.1. The Morgan fingerprint density at radius 1 is 1.36 bits per heavy atom. The smallest absolute Gasteiger partial charge is 0.125 e. The number of H-pyrrole nitrogens is 1. The standard InChI is InChI=1S/C11H13NO2/c1-7-3-8-5-11(14-2)9(6-13)4-10(8)12-7/h3-5,12-13H,6H2,1-2H3. The number of aryl methyl sites for hydroxylation is 1. The molecule has 0 unspecified atom stereocenters. The number of hydrogen-bond donors (Lipinski definition) is 2. The second-order valence-electron chi connectivity index (χ2n) is 3.36. The molecule has 0 spiro atoms. The number of aromatic nitrogens is 1. The maximum absolute atomic E-state index is 9.12. The number of fused-ring (bicyclic) bond motifs is 1. The van der Waals surface area contributed by atoms with E-state index in [2.05, 4.69) is 11.1 Å². The van der Waals surface area contributed by atoms with E-state index in [-0.39, 0.29) is 6.61 Å². The molecule has 0 saturated heterocycles. The fourth-order valence-electron chi connectivity index (χ4n) is 1.66. The minimum Gasteiger partial charge on any atom is -0.496 e. The molecule has 14 heavy (non-hydrogen) atoms. The first-order valence-corrected chi connectivity index (χ1v) is 4.51. The quantitative estimate of drug-likeness (QED) is 0.762. The Hall–Kier alpha value is -1.48. The van der Waals surface area contributed by atoms with E-state index in [4.69, 9.17) is 9.84 Å². The Kier molecular flexibility index (Phi) is 2.17. The first-order chi connectivity index (χ1) is 6.74. The molecule has 1 heterocycles. The van der Waals surface area contributed by atoms with Crippen molar-refractivity contribution in [2.24, 2.45) is 0 Å². The second kappa shape index (κ2) is 3.35. The first kappa shape index (κ1) is 9.09. The van der Waals surface area contributed by atoms with Gasteiger partial charge in [-0.3, -0.25) is 0 Å². The second-order valence-corrected chi connectivity index (χ2v) is 3.36. The summed E-state index contributed by atoms with van der Waals surface area (Å²) in [6.45, 7) is 2.00. The van der Waals surface area contributed by atoms with Gasteiger partial charge in [-0.05, 0) is 25.1 Å². The van der Waals surface area contributed by atoms with E-state index in [0.29, 0.717) is 0 Å². The highest BCUT2D eigenvalue weighted by molar-refractivity contribution is 5.83. The molecule has 1 aromatic heterocycles. The third kappa shape index (κ3) is 1.36. The fourth-order valence-corrected chi connectivity index (χ4v) is 1.66. The average molecular weight is 191 g/mol. The Labute approximate surface area is 82.3 Å². The third-order valence-electron chi connectivity index (χ3n) is 2.33. The predicted octanol–water partition coefficient (Wildman–Crippen LogP) is 1.98. The molecular formula is C11H13NO2. The zero-order chi connectivity index (χ0) is 10.1. The lowest BCUT2D eigenvalue weighted by molar-refractivity contribution is 0.274. The fraction of sp³-hybridized carbons (Fsp3) is 0.273. The van der Waals surface area contributed by atoms with Gasteiger partial charge in [0.2, 0.25) is 0 Å². The maximum Gasteiger partial charge on any atom is 0.125 e. The van der Waals surface area contributed by atoms with E-state index >= 15 is 0 Å². The van der Waals surface area contributed by atoms with Gasteiger partial charge in [0.25, 0.3) is 0 Å². The van der Waals surface area contributed by atoms with Crippen molar-refractivity contribution in [3.8, 4) is 5.75 Å². The van der Waals surface area contributed by atoms with Gasteiger partial charge >= 0.3 is 0 Å². The molecule has 2 rings (SSSR count). The molecule has 0 atom stereocenters. The van der Waals surface area contributed by atoms with E-state index in [1.807, 2.05) is 19.1 Å². The van der Waals surface area contributed by atoms with Crippen molar-refractivity contribution in [2.45, 2.75) is 13.5 Å². The van der Waals surface area contributed by atoms with Crippen molar-refractivity contribution in [1.29, 1.82) is 0 Å². The molecule has 0 amide bonds. The number of rotatable bonds is 2. The van der Waals surface area contributed by atoms with Crippen LogP contribution in [0.3, 0.4) is 0 Å². The van der Waals surface area contributed by atoms with Gasteiger partial charge in [-0.25, -0.2) is 0 Å². The summed E-state index contributed by atoms with van der Waals surface area (Å²) >= 11 is 0. The van der Waals surface area contributed by atoms with E-state index in [1.54, 1.807) is 7.11 Å². The SMILES string of the molecule is COc1cc2cc(C)[nH]c2cc1CO. The maximum atomic E-state index is 9.12.